The summed E-state index contributed by atoms with van der Waals surface area (Å²) in [6.45, 7) is 4.50. The van der Waals surface area contributed by atoms with Crippen molar-refractivity contribution in [3.05, 3.63) is 35.4 Å². The number of β-amino-alcohol motifs (C(OH)–C–C–N with tert-alkyl or cyclic N) is 1. The van der Waals surface area contributed by atoms with Gasteiger partial charge < -0.3 is 14.7 Å². The summed E-state index contributed by atoms with van der Waals surface area (Å²) < 4.78 is 4.73. The first-order valence-electron chi connectivity index (χ1n) is 12.2. The lowest BCUT2D eigenvalue weighted by molar-refractivity contribution is -0.184. The van der Waals surface area contributed by atoms with E-state index in [0.717, 1.165) is 18.4 Å². The second kappa shape index (κ2) is 9.00. The molecule has 4 fully saturated rings. The number of likely N-dealkylation sites (tertiary alicyclic amines) is 2. The topological polar surface area (TPSA) is 111 Å². The fourth-order valence-corrected chi connectivity index (χ4v) is 6.12. The minimum atomic E-state index is -0.820. The quantitative estimate of drug-likeness (QED) is 0.464. The van der Waals surface area contributed by atoms with E-state index in [1.54, 1.807) is 31.2 Å². The Bertz CT molecular complexity index is 1030. The Kier molecular flexibility index (Phi) is 6.14. The van der Waals surface area contributed by atoms with E-state index in [4.69, 9.17) is 4.74 Å². The van der Waals surface area contributed by atoms with Crippen LogP contribution in [0.1, 0.15) is 42.1 Å². The van der Waals surface area contributed by atoms with Gasteiger partial charge in [-0.25, -0.2) is 4.79 Å². The van der Waals surface area contributed by atoms with Gasteiger partial charge in [0.25, 0.3) is 5.91 Å². The van der Waals surface area contributed by atoms with Crippen LogP contribution in [0.5, 0.6) is 0 Å². The van der Waals surface area contributed by atoms with E-state index >= 15 is 0 Å². The smallest absolute Gasteiger partial charge is 0.337 e. The standard InChI is InChI=1S/C25H32N4O6/c1-16(30)26-9-7-19(8-10-26)27-14-25(15-27)24(34)28(22(32)21-11-20(31)13-29(21)25)12-17-3-5-18(6-4-17)23(33)35-2/h3-6,19-21,31H,7-15H2,1-2H3/t20-,21+/m1/s1. The van der Waals surface area contributed by atoms with E-state index in [0.29, 0.717) is 50.7 Å². The van der Waals surface area contributed by atoms with Crippen molar-refractivity contribution in [3.63, 3.8) is 0 Å². The minimum absolute atomic E-state index is 0.0913. The molecule has 0 bridgehead atoms. The molecule has 0 aromatic heterocycles. The van der Waals surface area contributed by atoms with Crippen molar-refractivity contribution in [2.45, 2.75) is 56.5 Å². The van der Waals surface area contributed by atoms with Gasteiger partial charge in [-0.15, -0.1) is 0 Å². The first-order chi connectivity index (χ1) is 16.7. The number of piperazine rings is 1. The number of hydrogen-bond donors (Lipinski definition) is 1. The Balaban J connectivity index is 1.33. The molecule has 1 aromatic carbocycles. The normalized spacial score (nSPS) is 27.2. The first kappa shape index (κ1) is 23.9. The average molecular weight is 485 g/mol. The molecular weight excluding hydrogens is 452 g/mol. The number of aliphatic hydroxyl groups is 1. The molecule has 35 heavy (non-hydrogen) atoms. The third kappa shape index (κ3) is 4.03. The maximum Gasteiger partial charge on any atom is 0.337 e. The molecule has 4 aliphatic rings. The summed E-state index contributed by atoms with van der Waals surface area (Å²) in [6, 6.07) is 6.49. The van der Waals surface area contributed by atoms with Crippen LogP contribution in [0.25, 0.3) is 0 Å². The van der Waals surface area contributed by atoms with Crippen LogP contribution in [-0.2, 0) is 25.7 Å². The van der Waals surface area contributed by atoms with Crippen LogP contribution in [-0.4, -0.2) is 112 Å². The van der Waals surface area contributed by atoms with Crippen molar-refractivity contribution in [1.29, 1.82) is 0 Å². The summed E-state index contributed by atoms with van der Waals surface area (Å²) in [5.74, 6) is -0.849. The number of nitrogens with zero attached hydrogens (tertiary/aromatic N) is 4. The molecule has 1 N–H and O–H groups in total. The van der Waals surface area contributed by atoms with Crippen molar-refractivity contribution in [2.75, 3.05) is 39.8 Å². The Morgan fingerprint density at radius 2 is 1.77 bits per heavy atom. The SMILES string of the molecule is COC(=O)c1ccc(CN2C(=O)[C@@H]3C[C@@H](O)CN3C3(CN(C4CCN(C(C)=O)CC4)C3)C2=O)cc1. The molecule has 10 heteroatoms. The maximum absolute atomic E-state index is 13.8. The van der Waals surface area contributed by atoms with Crippen molar-refractivity contribution in [2.24, 2.45) is 0 Å². The molecule has 4 aliphatic heterocycles. The lowest BCUT2D eigenvalue weighted by Gasteiger charge is -2.60. The molecule has 10 nitrogen and oxygen atoms in total. The highest BCUT2D eigenvalue weighted by atomic mass is 16.5. The highest BCUT2D eigenvalue weighted by molar-refractivity contribution is 6.06. The van der Waals surface area contributed by atoms with E-state index in [1.165, 1.54) is 12.0 Å². The van der Waals surface area contributed by atoms with Crippen molar-refractivity contribution in [3.8, 4) is 0 Å². The van der Waals surface area contributed by atoms with Crippen molar-refractivity contribution in [1.82, 2.24) is 19.6 Å². The van der Waals surface area contributed by atoms with Crippen LogP contribution in [0.4, 0.5) is 0 Å². The fourth-order valence-electron chi connectivity index (χ4n) is 6.12. The third-order valence-corrected chi connectivity index (χ3v) is 8.09. The Morgan fingerprint density at radius 1 is 1.11 bits per heavy atom. The number of amides is 3. The fraction of sp³-hybridized carbons (Fsp3) is 0.600. The number of rotatable bonds is 4. The second-order valence-electron chi connectivity index (χ2n) is 10.1. The number of imide groups is 1. The van der Waals surface area contributed by atoms with Gasteiger partial charge in [-0.2, -0.15) is 0 Å². The number of carbonyl (C=O) groups is 4. The highest BCUT2D eigenvalue weighted by Crippen LogP contribution is 2.42. The number of piperidine rings is 1. The minimum Gasteiger partial charge on any atom is -0.465 e. The lowest BCUT2D eigenvalue weighted by atomic mass is 9.80. The number of benzene rings is 1. The van der Waals surface area contributed by atoms with Gasteiger partial charge >= 0.3 is 5.97 Å². The Hall–Kier alpha value is -2.82. The Morgan fingerprint density at radius 3 is 2.37 bits per heavy atom. The number of ether oxygens (including phenoxy) is 1. The van der Waals surface area contributed by atoms with Crippen LogP contribution >= 0.6 is 0 Å². The van der Waals surface area contributed by atoms with Gasteiger partial charge in [0.1, 0.15) is 5.54 Å². The van der Waals surface area contributed by atoms with Gasteiger partial charge in [-0.1, -0.05) is 12.1 Å². The summed E-state index contributed by atoms with van der Waals surface area (Å²) in [7, 11) is 1.32. The largest absolute Gasteiger partial charge is 0.465 e. The number of aliphatic hydroxyl groups excluding tert-OH is 1. The summed E-state index contributed by atoms with van der Waals surface area (Å²) >= 11 is 0. The average Bonchev–Trinajstić information content (AvgIpc) is 3.23. The van der Waals surface area contributed by atoms with Gasteiger partial charge in [0.2, 0.25) is 11.8 Å². The number of fused-ring (bicyclic) bond motifs is 2. The second-order valence-corrected chi connectivity index (χ2v) is 10.1. The molecule has 0 radical (unpaired) electrons. The van der Waals surface area contributed by atoms with E-state index in [1.807, 2.05) is 9.80 Å². The molecule has 5 rings (SSSR count). The van der Waals surface area contributed by atoms with Gasteiger partial charge in [0, 0.05) is 45.7 Å². The molecule has 0 aliphatic carbocycles. The predicted octanol–water partition coefficient (Wildman–Crippen LogP) is -0.157. The third-order valence-electron chi connectivity index (χ3n) is 8.09. The molecular formula is C25H32N4O6. The lowest BCUT2D eigenvalue weighted by Crippen LogP contribution is -2.82. The number of esters is 1. The molecule has 4 saturated heterocycles. The summed E-state index contributed by atoms with van der Waals surface area (Å²) in [5.41, 5.74) is 0.327. The molecule has 2 atom stereocenters. The molecule has 1 spiro atoms. The zero-order chi connectivity index (χ0) is 24.9. The Labute approximate surface area is 204 Å². The summed E-state index contributed by atoms with van der Waals surface area (Å²) in [6.07, 6.45) is 1.42. The van der Waals surface area contributed by atoms with E-state index in [-0.39, 0.29) is 24.3 Å². The molecule has 0 unspecified atom stereocenters. The van der Waals surface area contributed by atoms with Gasteiger partial charge in [0.15, 0.2) is 0 Å². The van der Waals surface area contributed by atoms with E-state index < -0.39 is 23.7 Å². The zero-order valence-electron chi connectivity index (χ0n) is 20.2. The van der Waals surface area contributed by atoms with Crippen LogP contribution in [0.15, 0.2) is 24.3 Å². The molecule has 4 heterocycles. The number of hydrogen-bond acceptors (Lipinski definition) is 8. The van der Waals surface area contributed by atoms with Crippen LogP contribution in [0.2, 0.25) is 0 Å². The number of carbonyl (C=O) groups excluding carboxylic acids is 4. The van der Waals surface area contributed by atoms with Crippen molar-refractivity contribution >= 4 is 23.7 Å². The van der Waals surface area contributed by atoms with Crippen LogP contribution < -0.4 is 0 Å². The summed E-state index contributed by atoms with van der Waals surface area (Å²) in [5, 5.41) is 10.4. The van der Waals surface area contributed by atoms with Crippen LogP contribution in [0, 0.1) is 0 Å². The zero-order valence-corrected chi connectivity index (χ0v) is 20.2. The van der Waals surface area contributed by atoms with E-state index in [9.17, 15) is 24.3 Å². The van der Waals surface area contributed by atoms with Gasteiger partial charge in [-0.05, 0) is 37.0 Å². The van der Waals surface area contributed by atoms with Crippen LogP contribution in [0.3, 0.4) is 0 Å². The van der Waals surface area contributed by atoms with Gasteiger partial charge in [-0.3, -0.25) is 29.1 Å². The first-order valence-corrected chi connectivity index (χ1v) is 12.2. The monoisotopic (exact) mass is 484 g/mol. The van der Waals surface area contributed by atoms with E-state index in [2.05, 4.69) is 4.90 Å². The molecule has 188 valence electrons. The molecule has 1 aromatic rings. The highest BCUT2D eigenvalue weighted by Gasteiger charge is 2.64. The molecule has 3 amide bonds. The maximum atomic E-state index is 13.8. The summed E-state index contributed by atoms with van der Waals surface area (Å²) in [4.78, 5) is 57.9. The number of methoxy groups -OCH3 is 1. The predicted molar refractivity (Wildman–Crippen MR) is 124 cm³/mol. The van der Waals surface area contributed by atoms with Crippen molar-refractivity contribution < 1.29 is 29.0 Å². The molecule has 0 saturated carbocycles. The van der Waals surface area contributed by atoms with Gasteiger partial charge in [0.05, 0.1) is 31.4 Å².